The molecule has 0 saturated heterocycles. The van der Waals surface area contributed by atoms with Crippen LogP contribution in [0.2, 0.25) is 0 Å². The molecule has 0 radical (unpaired) electrons. The number of methoxy groups -OCH3 is 1. The molecule has 1 aliphatic carbocycles. The standard InChI is InChI=1S/C21H20N4O2S2/c1-12-3-8-15-17(9-12)29-20-18(15)19-23-24-21(25(19)11-22-20)28-10-16(26)13-4-6-14(27-2)7-5-13/h4-7,11-12H,3,8-10H2,1-2H3. The van der Waals surface area contributed by atoms with Crippen molar-refractivity contribution in [3.63, 3.8) is 0 Å². The number of hydrogen-bond acceptors (Lipinski definition) is 7. The Labute approximate surface area is 176 Å². The molecule has 3 aromatic heterocycles. The molecule has 6 nitrogen and oxygen atoms in total. The van der Waals surface area contributed by atoms with E-state index in [9.17, 15) is 4.79 Å². The monoisotopic (exact) mass is 424 g/mol. The first-order valence-corrected chi connectivity index (χ1v) is 11.4. The van der Waals surface area contributed by atoms with Crippen LogP contribution < -0.4 is 4.74 Å². The predicted molar refractivity (Wildman–Crippen MR) is 115 cm³/mol. The Bertz CT molecular complexity index is 1210. The Kier molecular flexibility index (Phi) is 4.75. The summed E-state index contributed by atoms with van der Waals surface area (Å²) in [7, 11) is 1.61. The molecule has 1 atom stereocenters. The number of carbonyl (C=O) groups excluding carboxylic acids is 1. The van der Waals surface area contributed by atoms with Gasteiger partial charge in [-0.05, 0) is 55.0 Å². The van der Waals surface area contributed by atoms with E-state index in [1.54, 1.807) is 49.0 Å². The number of ketones is 1. The summed E-state index contributed by atoms with van der Waals surface area (Å²) in [5.74, 6) is 1.80. The second kappa shape index (κ2) is 7.42. The van der Waals surface area contributed by atoms with Crippen molar-refractivity contribution in [2.75, 3.05) is 12.9 Å². The highest BCUT2D eigenvalue weighted by Crippen LogP contribution is 2.39. The third kappa shape index (κ3) is 3.30. The number of hydrogen-bond donors (Lipinski definition) is 0. The minimum Gasteiger partial charge on any atom is -0.497 e. The van der Waals surface area contributed by atoms with E-state index >= 15 is 0 Å². The van der Waals surface area contributed by atoms with Crippen LogP contribution in [0, 0.1) is 5.92 Å². The number of aryl methyl sites for hydroxylation is 1. The van der Waals surface area contributed by atoms with Crippen molar-refractivity contribution in [1.29, 1.82) is 0 Å². The fraction of sp³-hybridized carbons (Fsp3) is 0.333. The first-order chi connectivity index (χ1) is 14.1. The van der Waals surface area contributed by atoms with Crippen LogP contribution in [0.4, 0.5) is 0 Å². The number of Topliss-reactive ketones (excluding diaryl/α,β-unsaturated/α-hetero) is 1. The minimum atomic E-state index is 0.0466. The molecule has 4 aromatic rings. The molecule has 0 aliphatic heterocycles. The molecule has 0 saturated carbocycles. The zero-order valence-electron chi connectivity index (χ0n) is 16.2. The van der Waals surface area contributed by atoms with E-state index in [1.807, 2.05) is 4.40 Å². The smallest absolute Gasteiger partial charge is 0.197 e. The van der Waals surface area contributed by atoms with E-state index in [-0.39, 0.29) is 5.78 Å². The Morgan fingerprint density at radius 3 is 2.93 bits per heavy atom. The molecule has 1 aromatic carbocycles. The average molecular weight is 425 g/mol. The summed E-state index contributed by atoms with van der Waals surface area (Å²) in [6.45, 7) is 2.31. The molecule has 8 heteroatoms. The van der Waals surface area contributed by atoms with Gasteiger partial charge in [-0.15, -0.1) is 21.5 Å². The molecule has 0 amide bonds. The topological polar surface area (TPSA) is 69.4 Å². The van der Waals surface area contributed by atoms with Crippen molar-refractivity contribution < 1.29 is 9.53 Å². The molecule has 0 N–H and O–H groups in total. The summed E-state index contributed by atoms with van der Waals surface area (Å²) in [5.41, 5.74) is 2.90. The van der Waals surface area contributed by atoms with Gasteiger partial charge >= 0.3 is 0 Å². The summed E-state index contributed by atoms with van der Waals surface area (Å²) in [4.78, 5) is 19.7. The molecular formula is C21H20N4O2S2. The van der Waals surface area contributed by atoms with Gasteiger partial charge in [-0.25, -0.2) is 4.98 Å². The molecule has 0 fully saturated rings. The van der Waals surface area contributed by atoms with Gasteiger partial charge in [-0.1, -0.05) is 18.7 Å². The highest BCUT2D eigenvalue weighted by molar-refractivity contribution is 7.99. The lowest BCUT2D eigenvalue weighted by atomic mass is 9.89. The number of aromatic nitrogens is 4. The molecule has 0 bridgehead atoms. The normalized spacial score (nSPS) is 16.3. The Morgan fingerprint density at radius 1 is 1.31 bits per heavy atom. The number of thioether (sulfide) groups is 1. The van der Waals surface area contributed by atoms with Gasteiger partial charge in [-0.2, -0.15) is 0 Å². The van der Waals surface area contributed by atoms with Gasteiger partial charge in [0.1, 0.15) is 16.9 Å². The van der Waals surface area contributed by atoms with Crippen molar-refractivity contribution in [3.05, 3.63) is 46.6 Å². The fourth-order valence-electron chi connectivity index (χ4n) is 3.81. The molecule has 1 unspecified atom stereocenters. The van der Waals surface area contributed by atoms with Crippen LogP contribution in [0.3, 0.4) is 0 Å². The number of benzene rings is 1. The van der Waals surface area contributed by atoms with Gasteiger partial charge in [0, 0.05) is 10.4 Å². The second-order valence-electron chi connectivity index (χ2n) is 7.39. The highest BCUT2D eigenvalue weighted by atomic mass is 32.2. The molecular weight excluding hydrogens is 404 g/mol. The van der Waals surface area contributed by atoms with Crippen LogP contribution in [0.25, 0.3) is 15.9 Å². The lowest BCUT2D eigenvalue weighted by molar-refractivity contribution is 0.102. The van der Waals surface area contributed by atoms with Gasteiger partial charge < -0.3 is 4.74 Å². The van der Waals surface area contributed by atoms with E-state index in [1.165, 1.54) is 28.6 Å². The van der Waals surface area contributed by atoms with Crippen LogP contribution in [0.15, 0.2) is 35.7 Å². The quantitative estimate of drug-likeness (QED) is 0.348. The van der Waals surface area contributed by atoms with Gasteiger partial charge in [0.25, 0.3) is 0 Å². The molecule has 5 rings (SSSR count). The number of ether oxygens (including phenoxy) is 1. The summed E-state index contributed by atoms with van der Waals surface area (Å²) in [5, 5.41) is 10.6. The minimum absolute atomic E-state index is 0.0466. The first kappa shape index (κ1) is 18.6. The van der Waals surface area contributed by atoms with Crippen LogP contribution in [0.1, 0.15) is 34.1 Å². The summed E-state index contributed by atoms with van der Waals surface area (Å²) >= 11 is 3.17. The lowest BCUT2D eigenvalue weighted by Gasteiger charge is -2.17. The van der Waals surface area contributed by atoms with Crippen molar-refractivity contribution >= 4 is 44.7 Å². The number of thiophene rings is 1. The second-order valence-corrected chi connectivity index (χ2v) is 9.42. The van der Waals surface area contributed by atoms with Gasteiger partial charge in [0.15, 0.2) is 16.6 Å². The van der Waals surface area contributed by atoms with Crippen LogP contribution in [-0.2, 0) is 12.8 Å². The van der Waals surface area contributed by atoms with Crippen molar-refractivity contribution in [2.24, 2.45) is 5.92 Å². The molecule has 1 aliphatic rings. The van der Waals surface area contributed by atoms with Crippen LogP contribution >= 0.6 is 23.1 Å². The van der Waals surface area contributed by atoms with Gasteiger partial charge in [0.05, 0.1) is 18.2 Å². The third-order valence-electron chi connectivity index (χ3n) is 5.42. The van der Waals surface area contributed by atoms with Crippen molar-refractivity contribution in [3.8, 4) is 5.75 Å². The summed E-state index contributed by atoms with van der Waals surface area (Å²) in [6, 6.07) is 7.16. The lowest BCUT2D eigenvalue weighted by Crippen LogP contribution is -2.08. The SMILES string of the molecule is COc1ccc(C(=O)CSc2nnc3c4c5c(sc4ncn23)CC(C)CC5)cc1. The number of fused-ring (bicyclic) bond motifs is 5. The summed E-state index contributed by atoms with van der Waals surface area (Å²) in [6.07, 6.45) is 5.17. The van der Waals surface area contributed by atoms with Crippen molar-refractivity contribution in [2.45, 2.75) is 31.3 Å². The maximum absolute atomic E-state index is 12.5. The van der Waals surface area contributed by atoms with E-state index in [4.69, 9.17) is 4.74 Å². The third-order valence-corrected chi connectivity index (χ3v) is 7.52. The zero-order valence-corrected chi connectivity index (χ0v) is 17.8. The van der Waals surface area contributed by atoms with E-state index in [0.29, 0.717) is 16.5 Å². The molecule has 29 heavy (non-hydrogen) atoms. The fourth-order valence-corrected chi connectivity index (χ4v) is 5.95. The Hall–Kier alpha value is -2.45. The number of nitrogens with zero attached hydrogens (tertiary/aromatic N) is 4. The van der Waals surface area contributed by atoms with Crippen LogP contribution in [-0.4, -0.2) is 38.2 Å². The van der Waals surface area contributed by atoms with E-state index in [0.717, 1.165) is 40.4 Å². The van der Waals surface area contributed by atoms with E-state index in [2.05, 4.69) is 22.1 Å². The Morgan fingerprint density at radius 2 is 2.14 bits per heavy atom. The molecule has 0 spiro atoms. The van der Waals surface area contributed by atoms with Crippen LogP contribution in [0.5, 0.6) is 5.75 Å². The molecule has 148 valence electrons. The predicted octanol–water partition coefficient (Wildman–Crippen LogP) is 4.45. The summed E-state index contributed by atoms with van der Waals surface area (Å²) < 4.78 is 7.06. The maximum Gasteiger partial charge on any atom is 0.197 e. The molecule has 3 heterocycles. The van der Waals surface area contributed by atoms with Gasteiger partial charge in [0.2, 0.25) is 0 Å². The van der Waals surface area contributed by atoms with E-state index < -0.39 is 0 Å². The maximum atomic E-state index is 12.5. The zero-order chi connectivity index (χ0) is 20.0. The average Bonchev–Trinajstić information content (AvgIpc) is 3.32. The number of carbonyl (C=O) groups is 1. The number of rotatable bonds is 5. The largest absolute Gasteiger partial charge is 0.497 e. The van der Waals surface area contributed by atoms with Crippen molar-refractivity contribution in [1.82, 2.24) is 19.6 Å². The first-order valence-electron chi connectivity index (χ1n) is 9.58. The Balaban J connectivity index is 1.42. The highest BCUT2D eigenvalue weighted by Gasteiger charge is 2.24. The van der Waals surface area contributed by atoms with Gasteiger partial charge in [-0.3, -0.25) is 9.20 Å².